The number of likely N-dealkylation sites (tertiary alicyclic amines) is 1. The number of hydrogen-bond acceptors (Lipinski definition) is 5. The van der Waals surface area contributed by atoms with Crippen LogP contribution in [0.1, 0.15) is 40.5 Å². The molecule has 1 aliphatic rings. The lowest BCUT2D eigenvalue weighted by Crippen LogP contribution is -2.48. The standard InChI is InChI=1S/C19H33N3O3S2/c1-15(2)12-22(13-16(3)4)18(23)14-21-9-7-17(8-10-21)20-27(24,25)19-6-5-11-26-19/h5-6,11,15-17,20H,7-10,12-14H2,1-4H3. The van der Waals surface area contributed by atoms with E-state index in [1.807, 2.05) is 4.90 Å². The zero-order valence-corrected chi connectivity index (χ0v) is 18.5. The first kappa shape index (κ1) is 22.3. The zero-order valence-electron chi connectivity index (χ0n) is 16.8. The molecule has 1 N–H and O–H groups in total. The van der Waals surface area contributed by atoms with Gasteiger partial charge in [0.1, 0.15) is 4.21 Å². The molecule has 1 aliphatic heterocycles. The third kappa shape index (κ3) is 7.18. The van der Waals surface area contributed by atoms with Crippen LogP contribution in [-0.2, 0) is 14.8 Å². The van der Waals surface area contributed by atoms with Gasteiger partial charge in [0, 0.05) is 32.2 Å². The monoisotopic (exact) mass is 415 g/mol. The van der Waals surface area contributed by atoms with E-state index in [4.69, 9.17) is 0 Å². The Hall–Kier alpha value is -0.960. The number of thiophene rings is 1. The van der Waals surface area contributed by atoms with Crippen LogP contribution in [0.15, 0.2) is 21.7 Å². The van der Waals surface area contributed by atoms with Crippen molar-refractivity contribution in [2.24, 2.45) is 11.8 Å². The summed E-state index contributed by atoms with van der Waals surface area (Å²) in [7, 11) is -3.42. The zero-order chi connectivity index (χ0) is 20.0. The fourth-order valence-corrected chi connectivity index (χ4v) is 5.67. The van der Waals surface area contributed by atoms with E-state index >= 15 is 0 Å². The van der Waals surface area contributed by atoms with Crippen LogP contribution in [0.25, 0.3) is 0 Å². The molecule has 2 heterocycles. The summed E-state index contributed by atoms with van der Waals surface area (Å²) < 4.78 is 27.8. The first-order valence-electron chi connectivity index (χ1n) is 9.73. The number of carbonyl (C=O) groups is 1. The Morgan fingerprint density at radius 2 is 1.81 bits per heavy atom. The molecule has 1 aromatic heterocycles. The number of hydrogen-bond donors (Lipinski definition) is 1. The van der Waals surface area contributed by atoms with E-state index in [2.05, 4.69) is 37.3 Å². The molecule has 8 heteroatoms. The summed E-state index contributed by atoms with van der Waals surface area (Å²) >= 11 is 1.23. The second kappa shape index (κ2) is 10.0. The van der Waals surface area contributed by atoms with Gasteiger partial charge in [-0.1, -0.05) is 33.8 Å². The molecule has 0 atom stereocenters. The average Bonchev–Trinajstić information content (AvgIpc) is 3.10. The van der Waals surface area contributed by atoms with Gasteiger partial charge in [0.15, 0.2) is 0 Å². The highest BCUT2D eigenvalue weighted by molar-refractivity contribution is 7.91. The predicted octanol–water partition coefficient (Wildman–Crippen LogP) is 2.63. The molecule has 154 valence electrons. The summed E-state index contributed by atoms with van der Waals surface area (Å²) in [5, 5.41) is 1.77. The van der Waals surface area contributed by atoms with E-state index in [1.165, 1.54) is 11.3 Å². The number of piperidine rings is 1. The number of rotatable bonds is 9. The molecular weight excluding hydrogens is 382 g/mol. The highest BCUT2D eigenvalue weighted by atomic mass is 32.2. The Morgan fingerprint density at radius 3 is 2.30 bits per heavy atom. The van der Waals surface area contributed by atoms with Crippen LogP contribution in [-0.4, -0.2) is 62.9 Å². The van der Waals surface area contributed by atoms with Crippen LogP contribution in [0.3, 0.4) is 0 Å². The minimum Gasteiger partial charge on any atom is -0.341 e. The first-order valence-corrected chi connectivity index (χ1v) is 12.1. The van der Waals surface area contributed by atoms with Crippen molar-refractivity contribution in [3.63, 3.8) is 0 Å². The van der Waals surface area contributed by atoms with Gasteiger partial charge in [-0.2, -0.15) is 0 Å². The second-order valence-electron chi connectivity index (χ2n) is 8.19. The second-order valence-corrected chi connectivity index (χ2v) is 11.1. The van der Waals surface area contributed by atoms with Crippen molar-refractivity contribution in [2.45, 2.75) is 50.8 Å². The van der Waals surface area contributed by atoms with Gasteiger partial charge in [-0.05, 0) is 36.1 Å². The van der Waals surface area contributed by atoms with Crippen molar-refractivity contribution in [3.05, 3.63) is 17.5 Å². The molecule has 0 aromatic carbocycles. The fraction of sp³-hybridized carbons (Fsp3) is 0.737. The van der Waals surface area contributed by atoms with Crippen LogP contribution in [0.2, 0.25) is 0 Å². The van der Waals surface area contributed by atoms with Crippen molar-refractivity contribution in [1.29, 1.82) is 0 Å². The quantitative estimate of drug-likeness (QED) is 0.673. The van der Waals surface area contributed by atoms with Crippen molar-refractivity contribution in [3.8, 4) is 0 Å². The molecule has 0 spiro atoms. The Morgan fingerprint density at radius 1 is 1.22 bits per heavy atom. The number of nitrogens with one attached hydrogen (secondary N) is 1. The number of sulfonamides is 1. The molecule has 1 amide bonds. The minimum atomic E-state index is -3.42. The maximum atomic E-state index is 12.7. The normalized spacial score (nSPS) is 17.0. The van der Waals surface area contributed by atoms with Gasteiger partial charge in [0.05, 0.1) is 6.54 Å². The molecule has 0 radical (unpaired) electrons. The van der Waals surface area contributed by atoms with Gasteiger partial charge < -0.3 is 4.90 Å². The van der Waals surface area contributed by atoms with Crippen molar-refractivity contribution < 1.29 is 13.2 Å². The Balaban J connectivity index is 1.83. The van der Waals surface area contributed by atoms with Crippen molar-refractivity contribution >= 4 is 27.3 Å². The van der Waals surface area contributed by atoms with E-state index in [-0.39, 0.29) is 11.9 Å². The van der Waals surface area contributed by atoms with Crippen molar-refractivity contribution in [1.82, 2.24) is 14.5 Å². The van der Waals surface area contributed by atoms with Gasteiger partial charge in [-0.3, -0.25) is 9.69 Å². The van der Waals surface area contributed by atoms with Crippen molar-refractivity contribution in [2.75, 3.05) is 32.7 Å². The van der Waals surface area contributed by atoms with Gasteiger partial charge >= 0.3 is 0 Å². The molecule has 0 saturated carbocycles. The summed E-state index contributed by atoms with van der Waals surface area (Å²) in [6.45, 7) is 12.0. The maximum Gasteiger partial charge on any atom is 0.250 e. The van der Waals surface area contributed by atoms with Gasteiger partial charge in [0.2, 0.25) is 15.9 Å². The smallest absolute Gasteiger partial charge is 0.250 e. The van der Waals surface area contributed by atoms with Gasteiger partial charge in [-0.15, -0.1) is 11.3 Å². The molecular formula is C19H33N3O3S2. The summed E-state index contributed by atoms with van der Waals surface area (Å²) in [4.78, 5) is 16.8. The van der Waals surface area contributed by atoms with E-state index in [0.29, 0.717) is 22.6 Å². The van der Waals surface area contributed by atoms with E-state index in [9.17, 15) is 13.2 Å². The summed E-state index contributed by atoms with van der Waals surface area (Å²) in [5.41, 5.74) is 0. The predicted molar refractivity (Wildman–Crippen MR) is 110 cm³/mol. The molecule has 2 rings (SSSR count). The summed E-state index contributed by atoms with van der Waals surface area (Å²) in [6, 6.07) is 3.30. The molecule has 0 bridgehead atoms. The molecule has 0 aliphatic carbocycles. The highest BCUT2D eigenvalue weighted by Crippen LogP contribution is 2.19. The lowest BCUT2D eigenvalue weighted by molar-refractivity contribution is -0.133. The molecule has 1 fully saturated rings. The van der Waals surface area contributed by atoms with E-state index < -0.39 is 10.0 Å². The third-order valence-electron chi connectivity index (χ3n) is 4.55. The average molecular weight is 416 g/mol. The fourth-order valence-electron chi connectivity index (χ4n) is 3.35. The molecule has 1 aromatic rings. The highest BCUT2D eigenvalue weighted by Gasteiger charge is 2.27. The molecule has 27 heavy (non-hydrogen) atoms. The van der Waals surface area contributed by atoms with Gasteiger partial charge in [-0.25, -0.2) is 13.1 Å². The number of carbonyl (C=O) groups excluding carboxylic acids is 1. The largest absolute Gasteiger partial charge is 0.341 e. The van der Waals surface area contributed by atoms with E-state index in [0.717, 1.165) is 39.0 Å². The number of amides is 1. The molecule has 0 unspecified atom stereocenters. The lowest BCUT2D eigenvalue weighted by atomic mass is 10.1. The summed E-state index contributed by atoms with van der Waals surface area (Å²) in [5.74, 6) is 1.07. The topological polar surface area (TPSA) is 69.7 Å². The minimum absolute atomic E-state index is 0.0640. The lowest BCUT2D eigenvalue weighted by Gasteiger charge is -2.34. The number of nitrogens with zero attached hydrogens (tertiary/aromatic N) is 2. The Bertz CT molecular complexity index is 669. The third-order valence-corrected chi connectivity index (χ3v) is 7.47. The van der Waals surface area contributed by atoms with E-state index in [1.54, 1.807) is 17.5 Å². The van der Waals surface area contributed by atoms with Crippen LogP contribution in [0.5, 0.6) is 0 Å². The molecule has 1 saturated heterocycles. The van der Waals surface area contributed by atoms with Crippen LogP contribution < -0.4 is 4.72 Å². The van der Waals surface area contributed by atoms with Gasteiger partial charge in [0.25, 0.3) is 0 Å². The maximum absolute atomic E-state index is 12.7. The summed E-state index contributed by atoms with van der Waals surface area (Å²) in [6.07, 6.45) is 1.46. The Labute approximate surface area is 168 Å². The molecule has 6 nitrogen and oxygen atoms in total. The van der Waals surface area contributed by atoms with Crippen LogP contribution in [0, 0.1) is 11.8 Å². The Kier molecular flexibility index (Phi) is 8.27. The SMILES string of the molecule is CC(C)CN(CC(C)C)C(=O)CN1CCC(NS(=O)(=O)c2cccs2)CC1. The van der Waals surface area contributed by atoms with Crippen LogP contribution in [0.4, 0.5) is 0 Å². The van der Waals surface area contributed by atoms with Crippen LogP contribution >= 0.6 is 11.3 Å². The first-order chi connectivity index (χ1) is 12.7.